The summed E-state index contributed by atoms with van der Waals surface area (Å²) in [5, 5.41) is 8.50. The highest BCUT2D eigenvalue weighted by molar-refractivity contribution is 8.00. The van der Waals surface area contributed by atoms with E-state index in [0.29, 0.717) is 0 Å². The first-order chi connectivity index (χ1) is 7.01. The molecule has 0 spiro atoms. The van der Waals surface area contributed by atoms with E-state index in [1.54, 1.807) is 18.2 Å². The molecule has 82 valence electrons. The van der Waals surface area contributed by atoms with E-state index in [1.807, 2.05) is 0 Å². The van der Waals surface area contributed by atoms with E-state index in [0.717, 1.165) is 5.56 Å². The predicted octanol–water partition coefficient (Wildman–Crippen LogP) is 3.30. The van der Waals surface area contributed by atoms with E-state index in [1.165, 1.54) is 18.2 Å². The fraction of sp³-hybridized carbons (Fsp3) is 0.200. The van der Waals surface area contributed by atoms with E-state index in [2.05, 4.69) is 0 Å². The minimum absolute atomic E-state index is 0.0843. The van der Waals surface area contributed by atoms with Gasteiger partial charge in [0, 0.05) is 4.90 Å². The van der Waals surface area contributed by atoms with Crippen molar-refractivity contribution < 1.29 is 18.3 Å². The second-order valence-electron chi connectivity index (χ2n) is 2.70. The predicted molar refractivity (Wildman–Crippen MR) is 54.5 cm³/mol. The molecule has 1 aromatic rings. The lowest BCUT2D eigenvalue weighted by Gasteiger charge is -2.05. The number of alkyl halides is 3. The number of hydrogen-bond donors (Lipinski definition) is 1. The zero-order valence-electron chi connectivity index (χ0n) is 7.66. The Labute approximate surface area is 89.6 Å². The zero-order valence-corrected chi connectivity index (χ0v) is 8.48. The quantitative estimate of drug-likeness (QED) is 0.810. The van der Waals surface area contributed by atoms with Gasteiger partial charge in [0.1, 0.15) is 0 Å². The van der Waals surface area contributed by atoms with E-state index in [-0.39, 0.29) is 23.3 Å². The summed E-state index contributed by atoms with van der Waals surface area (Å²) in [5.41, 5.74) is -3.49. The third-order valence-electron chi connectivity index (χ3n) is 1.53. The van der Waals surface area contributed by atoms with E-state index in [9.17, 15) is 13.2 Å². The monoisotopic (exact) mass is 234 g/mol. The van der Waals surface area contributed by atoms with Crippen LogP contribution in [-0.4, -0.2) is 17.2 Å². The smallest absolute Gasteiger partial charge is 0.392 e. The summed E-state index contributed by atoms with van der Waals surface area (Å²) in [4.78, 5) is 0.156. The molecule has 5 heteroatoms. The van der Waals surface area contributed by atoms with Gasteiger partial charge in [-0.05, 0) is 29.5 Å². The summed E-state index contributed by atoms with van der Waals surface area (Å²) in [5.74, 6) is 0. The molecule has 0 fully saturated rings. The van der Waals surface area contributed by atoms with Crippen molar-refractivity contribution in [1.82, 2.24) is 0 Å². The lowest BCUT2D eigenvalue weighted by atomic mass is 10.2. The number of benzene rings is 1. The van der Waals surface area contributed by atoms with E-state index < -0.39 is 5.51 Å². The molecule has 1 aromatic carbocycles. The molecule has 1 nitrogen and oxygen atoms in total. The first-order valence-electron chi connectivity index (χ1n) is 4.14. The van der Waals surface area contributed by atoms with Gasteiger partial charge in [0.2, 0.25) is 0 Å². The molecule has 0 aromatic heterocycles. The molecule has 0 bridgehead atoms. The topological polar surface area (TPSA) is 20.2 Å². The van der Waals surface area contributed by atoms with Crippen LogP contribution in [0.1, 0.15) is 5.56 Å². The van der Waals surface area contributed by atoms with Crippen molar-refractivity contribution in [2.75, 3.05) is 6.61 Å². The molecule has 0 radical (unpaired) electrons. The molecule has 0 aliphatic heterocycles. The maximum Gasteiger partial charge on any atom is 0.446 e. The minimum atomic E-state index is -4.25. The Morgan fingerprint density at radius 2 is 1.80 bits per heavy atom. The average Bonchev–Trinajstić information content (AvgIpc) is 2.14. The molecule has 0 aliphatic rings. The van der Waals surface area contributed by atoms with Gasteiger partial charge < -0.3 is 5.11 Å². The number of hydrogen-bond acceptors (Lipinski definition) is 2. The molecule has 15 heavy (non-hydrogen) atoms. The highest BCUT2D eigenvalue weighted by Crippen LogP contribution is 2.36. The van der Waals surface area contributed by atoms with Crippen molar-refractivity contribution in [3.63, 3.8) is 0 Å². The largest absolute Gasteiger partial charge is 0.446 e. The lowest BCUT2D eigenvalue weighted by molar-refractivity contribution is -0.0328. The summed E-state index contributed by atoms with van der Waals surface area (Å²) >= 11 is -0.140. The highest BCUT2D eigenvalue weighted by atomic mass is 32.2. The highest BCUT2D eigenvalue weighted by Gasteiger charge is 2.28. The van der Waals surface area contributed by atoms with Gasteiger partial charge >= 0.3 is 5.51 Å². The van der Waals surface area contributed by atoms with Crippen LogP contribution in [0.3, 0.4) is 0 Å². The summed E-state index contributed by atoms with van der Waals surface area (Å²) in [6.45, 7) is -0.0843. The lowest BCUT2D eigenvalue weighted by Crippen LogP contribution is -1.98. The standard InChI is InChI=1S/C10H9F3OS/c11-10(12,13)15-9-5-3-8(4-6-9)2-1-7-14/h1-6,14H,7H2/b2-1+. The molecule has 1 rings (SSSR count). The van der Waals surface area contributed by atoms with Gasteiger partial charge in [0.25, 0.3) is 0 Å². The molecule has 0 aliphatic carbocycles. The zero-order chi connectivity index (χ0) is 11.3. The Balaban J connectivity index is 2.68. The maximum atomic E-state index is 12.0. The van der Waals surface area contributed by atoms with Gasteiger partial charge in [-0.25, -0.2) is 0 Å². The number of aliphatic hydroxyl groups is 1. The molecule has 0 saturated heterocycles. The fourth-order valence-corrected chi connectivity index (χ4v) is 1.51. The van der Waals surface area contributed by atoms with Crippen molar-refractivity contribution in [3.05, 3.63) is 35.9 Å². The maximum absolute atomic E-state index is 12.0. The van der Waals surface area contributed by atoms with Gasteiger partial charge in [-0.1, -0.05) is 24.3 Å². The first-order valence-corrected chi connectivity index (χ1v) is 4.96. The van der Waals surface area contributed by atoms with Crippen LogP contribution in [-0.2, 0) is 0 Å². The normalized spacial score (nSPS) is 12.3. The van der Waals surface area contributed by atoms with Crippen LogP contribution in [0.15, 0.2) is 35.2 Å². The number of thioether (sulfide) groups is 1. The Kier molecular flexibility index (Phi) is 4.23. The Morgan fingerprint density at radius 3 is 2.27 bits per heavy atom. The summed E-state index contributed by atoms with van der Waals surface area (Å²) in [6.07, 6.45) is 3.16. The second-order valence-corrected chi connectivity index (χ2v) is 3.84. The fourth-order valence-electron chi connectivity index (χ4n) is 0.969. The summed E-state index contributed by atoms with van der Waals surface area (Å²) < 4.78 is 35.9. The average molecular weight is 234 g/mol. The minimum Gasteiger partial charge on any atom is -0.392 e. The second kappa shape index (κ2) is 5.23. The van der Waals surface area contributed by atoms with Crippen LogP contribution < -0.4 is 0 Å². The van der Waals surface area contributed by atoms with Crippen LogP contribution in [0.25, 0.3) is 6.08 Å². The van der Waals surface area contributed by atoms with Crippen molar-refractivity contribution in [2.24, 2.45) is 0 Å². The molecular weight excluding hydrogens is 225 g/mol. The molecule has 0 atom stereocenters. The summed E-state index contributed by atoms with van der Waals surface area (Å²) in [6, 6.07) is 5.94. The molecule has 0 saturated carbocycles. The third-order valence-corrected chi connectivity index (χ3v) is 2.27. The van der Waals surface area contributed by atoms with Crippen LogP contribution in [0.5, 0.6) is 0 Å². The van der Waals surface area contributed by atoms with Crippen LogP contribution in [0, 0.1) is 0 Å². The van der Waals surface area contributed by atoms with Crippen LogP contribution >= 0.6 is 11.8 Å². The molecule has 0 amide bonds. The SMILES string of the molecule is OC/C=C/c1ccc(SC(F)(F)F)cc1. The number of rotatable bonds is 3. The summed E-state index contributed by atoms with van der Waals surface area (Å²) in [7, 11) is 0. The van der Waals surface area contributed by atoms with Crippen molar-refractivity contribution >= 4 is 17.8 Å². The third kappa shape index (κ3) is 4.90. The van der Waals surface area contributed by atoms with Gasteiger partial charge in [-0.15, -0.1) is 0 Å². The molecule has 0 unspecified atom stereocenters. The molecule has 1 N–H and O–H groups in total. The van der Waals surface area contributed by atoms with Crippen molar-refractivity contribution in [2.45, 2.75) is 10.4 Å². The van der Waals surface area contributed by atoms with Crippen molar-refractivity contribution in [3.8, 4) is 0 Å². The van der Waals surface area contributed by atoms with E-state index >= 15 is 0 Å². The molecule has 0 heterocycles. The Bertz CT molecular complexity index is 330. The van der Waals surface area contributed by atoms with Crippen LogP contribution in [0.2, 0.25) is 0 Å². The van der Waals surface area contributed by atoms with Crippen LogP contribution in [0.4, 0.5) is 13.2 Å². The molecular formula is C10H9F3OS. The van der Waals surface area contributed by atoms with E-state index in [4.69, 9.17) is 5.11 Å². The van der Waals surface area contributed by atoms with Gasteiger partial charge in [-0.3, -0.25) is 0 Å². The van der Waals surface area contributed by atoms with Crippen molar-refractivity contribution in [1.29, 1.82) is 0 Å². The van der Waals surface area contributed by atoms with Gasteiger partial charge in [0.05, 0.1) is 6.61 Å². The number of halogens is 3. The Morgan fingerprint density at radius 1 is 1.20 bits per heavy atom. The van der Waals surface area contributed by atoms with Gasteiger partial charge in [-0.2, -0.15) is 13.2 Å². The first kappa shape index (κ1) is 12.1. The Hall–Kier alpha value is -0.940. The number of aliphatic hydroxyl groups excluding tert-OH is 1. The van der Waals surface area contributed by atoms with Gasteiger partial charge in [0.15, 0.2) is 0 Å².